The van der Waals surface area contributed by atoms with E-state index in [4.69, 9.17) is 17.0 Å². The maximum atomic E-state index is 12.6. The van der Waals surface area contributed by atoms with Crippen molar-refractivity contribution < 1.29 is 13.2 Å². The van der Waals surface area contributed by atoms with E-state index in [9.17, 15) is 13.2 Å². The number of hydrogen-bond donors (Lipinski definition) is 1. The molecule has 104 valence electrons. The van der Waals surface area contributed by atoms with Crippen molar-refractivity contribution in [2.45, 2.75) is 32.4 Å². The molecule has 0 fully saturated rings. The topological polar surface area (TPSA) is 36.7 Å². The highest BCUT2D eigenvalue weighted by atomic mass is 35.5. The first-order valence-corrected chi connectivity index (χ1v) is 6.11. The van der Waals surface area contributed by atoms with Crippen molar-refractivity contribution in [1.82, 2.24) is 4.98 Å². The van der Waals surface area contributed by atoms with Crippen LogP contribution in [-0.4, -0.2) is 11.2 Å². The monoisotopic (exact) mass is 290 g/mol. The van der Waals surface area contributed by atoms with Crippen LogP contribution >= 0.6 is 11.6 Å². The average Bonchev–Trinajstić information content (AvgIpc) is 2.34. The van der Waals surface area contributed by atoms with Crippen molar-refractivity contribution in [3.05, 3.63) is 40.2 Å². The molecule has 0 amide bonds. The predicted molar refractivity (Wildman–Crippen MR) is 69.9 cm³/mol. The molecule has 0 saturated carbocycles. The van der Waals surface area contributed by atoms with Gasteiger partial charge in [0.1, 0.15) is 10.8 Å². The maximum Gasteiger partial charge on any atom is 0.433 e. The third-order valence-corrected chi connectivity index (χ3v) is 3.10. The maximum absolute atomic E-state index is 12.6. The largest absolute Gasteiger partial charge is 0.433 e. The van der Waals surface area contributed by atoms with Gasteiger partial charge in [-0.15, -0.1) is 0 Å². The molecule has 0 unspecified atom stereocenters. The minimum atomic E-state index is -4.56. The lowest BCUT2D eigenvalue weighted by molar-refractivity contribution is -0.141. The van der Waals surface area contributed by atoms with Gasteiger partial charge in [-0.05, 0) is 30.9 Å². The Balaban J connectivity index is 3.12. The Labute approximate surface area is 114 Å². The summed E-state index contributed by atoms with van der Waals surface area (Å²) in [4.78, 5) is 3.36. The minimum Gasteiger partial charge on any atom is -0.308 e. The summed E-state index contributed by atoms with van der Waals surface area (Å²) >= 11 is 5.80. The lowest BCUT2D eigenvalue weighted by Crippen LogP contribution is -2.11. The van der Waals surface area contributed by atoms with Gasteiger partial charge in [-0.1, -0.05) is 30.7 Å². The van der Waals surface area contributed by atoms with Crippen LogP contribution in [0.25, 0.3) is 0 Å². The summed E-state index contributed by atoms with van der Waals surface area (Å²) in [7, 11) is 0. The molecule has 0 bridgehead atoms. The quantitative estimate of drug-likeness (QED) is 0.478. The smallest absolute Gasteiger partial charge is 0.308 e. The lowest BCUT2D eigenvalue weighted by atomic mass is 10.0. The van der Waals surface area contributed by atoms with Crippen LogP contribution in [0.4, 0.5) is 13.2 Å². The fourth-order valence-corrected chi connectivity index (χ4v) is 1.85. The normalized spacial score (nSPS) is 11.4. The van der Waals surface area contributed by atoms with Crippen molar-refractivity contribution in [2.75, 3.05) is 0 Å². The average molecular weight is 291 g/mol. The Morgan fingerprint density at radius 1 is 1.53 bits per heavy atom. The van der Waals surface area contributed by atoms with E-state index < -0.39 is 11.9 Å². The molecule has 0 atom stereocenters. The van der Waals surface area contributed by atoms with Crippen LogP contribution < -0.4 is 0 Å². The number of rotatable bonds is 5. The second kappa shape index (κ2) is 6.19. The summed E-state index contributed by atoms with van der Waals surface area (Å²) < 4.78 is 37.7. The summed E-state index contributed by atoms with van der Waals surface area (Å²) in [5.41, 5.74) is 0.511. The van der Waals surface area contributed by atoms with Gasteiger partial charge < -0.3 is 5.41 Å². The number of halogens is 4. The Morgan fingerprint density at radius 2 is 2.16 bits per heavy atom. The first kappa shape index (κ1) is 15.7. The van der Waals surface area contributed by atoms with E-state index in [0.717, 1.165) is 24.3 Å². The van der Waals surface area contributed by atoms with Crippen molar-refractivity contribution in [1.29, 1.82) is 5.41 Å². The summed E-state index contributed by atoms with van der Waals surface area (Å²) in [6.07, 6.45) is -1.85. The first-order valence-electron chi connectivity index (χ1n) is 5.73. The van der Waals surface area contributed by atoms with E-state index in [1.807, 2.05) is 6.92 Å². The highest BCUT2D eigenvalue weighted by molar-refractivity contribution is 6.30. The number of allylic oxidation sites excluding steroid dienone is 1. The molecule has 0 saturated heterocycles. The van der Waals surface area contributed by atoms with E-state index >= 15 is 0 Å². The van der Waals surface area contributed by atoms with Gasteiger partial charge >= 0.3 is 6.18 Å². The fourth-order valence-electron chi connectivity index (χ4n) is 1.56. The zero-order valence-corrected chi connectivity index (χ0v) is 11.2. The van der Waals surface area contributed by atoms with Gasteiger partial charge in [-0.2, -0.15) is 13.2 Å². The fraction of sp³-hybridized carbons (Fsp3) is 0.385. The third kappa shape index (κ3) is 4.06. The summed E-state index contributed by atoms with van der Waals surface area (Å²) in [6.45, 7) is 5.78. The molecule has 1 rings (SSSR count). The molecule has 2 nitrogen and oxygen atoms in total. The summed E-state index contributed by atoms with van der Waals surface area (Å²) in [5, 5.41) is 7.01. The zero-order valence-electron chi connectivity index (χ0n) is 10.4. The molecule has 19 heavy (non-hydrogen) atoms. The standard InChI is InChI=1S/C13H14ClF3N2/c1-3-8(2)4-5-10-9(7-18)6-11(13(15,16)17)19-12(10)14/h6-7,18H,2-5H2,1H3. The van der Waals surface area contributed by atoms with Crippen LogP contribution in [0.15, 0.2) is 18.2 Å². The van der Waals surface area contributed by atoms with Crippen LogP contribution in [0.5, 0.6) is 0 Å². The second-order valence-electron chi connectivity index (χ2n) is 4.11. The van der Waals surface area contributed by atoms with Gasteiger partial charge in [0.25, 0.3) is 0 Å². The predicted octanol–water partition coefficient (Wildman–Crippen LogP) is 4.65. The highest BCUT2D eigenvalue weighted by Gasteiger charge is 2.33. The molecule has 0 aliphatic carbocycles. The SMILES string of the molecule is C=C(CC)CCc1c(C=N)cc(C(F)(F)F)nc1Cl. The number of nitrogens with one attached hydrogen (secondary N) is 1. The van der Waals surface area contributed by atoms with E-state index in [1.54, 1.807) is 0 Å². The summed E-state index contributed by atoms with van der Waals surface area (Å²) in [5.74, 6) is 0. The molecule has 1 N–H and O–H groups in total. The Kier molecular flexibility index (Phi) is 5.11. The number of pyridine rings is 1. The van der Waals surface area contributed by atoms with Crippen LogP contribution in [0, 0.1) is 5.41 Å². The Morgan fingerprint density at radius 3 is 2.63 bits per heavy atom. The van der Waals surface area contributed by atoms with Crippen molar-refractivity contribution in [3.63, 3.8) is 0 Å². The number of aromatic nitrogens is 1. The van der Waals surface area contributed by atoms with Gasteiger partial charge in [0.05, 0.1) is 0 Å². The molecule has 0 spiro atoms. The minimum absolute atomic E-state index is 0.149. The molecular weight excluding hydrogens is 277 g/mol. The molecule has 0 aliphatic heterocycles. The lowest BCUT2D eigenvalue weighted by Gasteiger charge is -2.12. The van der Waals surface area contributed by atoms with Crippen LogP contribution in [0.1, 0.15) is 36.6 Å². The van der Waals surface area contributed by atoms with Crippen LogP contribution in [0.2, 0.25) is 5.15 Å². The van der Waals surface area contributed by atoms with Gasteiger partial charge in [-0.3, -0.25) is 0 Å². The van der Waals surface area contributed by atoms with Gasteiger partial charge in [0.15, 0.2) is 0 Å². The van der Waals surface area contributed by atoms with Crippen molar-refractivity contribution in [3.8, 4) is 0 Å². The molecular formula is C13H14ClF3N2. The highest BCUT2D eigenvalue weighted by Crippen LogP contribution is 2.31. The second-order valence-corrected chi connectivity index (χ2v) is 4.47. The van der Waals surface area contributed by atoms with Gasteiger partial charge in [-0.25, -0.2) is 4.98 Å². The van der Waals surface area contributed by atoms with E-state index in [1.165, 1.54) is 0 Å². The Bertz CT molecular complexity index is 495. The van der Waals surface area contributed by atoms with Crippen molar-refractivity contribution >= 4 is 17.8 Å². The number of hydrogen-bond acceptors (Lipinski definition) is 2. The number of nitrogens with zero attached hydrogens (tertiary/aromatic N) is 1. The molecule has 6 heteroatoms. The van der Waals surface area contributed by atoms with Gasteiger partial charge in [0.2, 0.25) is 0 Å². The van der Waals surface area contributed by atoms with E-state index in [2.05, 4.69) is 11.6 Å². The molecule has 0 aliphatic rings. The summed E-state index contributed by atoms with van der Waals surface area (Å²) in [6, 6.07) is 0.850. The van der Waals surface area contributed by atoms with Crippen LogP contribution in [0.3, 0.4) is 0 Å². The Hall–Kier alpha value is -1.36. The zero-order chi connectivity index (χ0) is 14.6. The van der Waals surface area contributed by atoms with E-state index in [0.29, 0.717) is 18.4 Å². The molecule has 1 aromatic heterocycles. The number of alkyl halides is 3. The van der Waals surface area contributed by atoms with Crippen LogP contribution in [-0.2, 0) is 12.6 Å². The molecule has 1 heterocycles. The molecule has 0 aromatic carbocycles. The first-order chi connectivity index (χ1) is 8.79. The van der Waals surface area contributed by atoms with Crippen molar-refractivity contribution in [2.24, 2.45) is 0 Å². The molecule has 0 radical (unpaired) electrons. The third-order valence-electron chi connectivity index (χ3n) is 2.78. The van der Waals surface area contributed by atoms with Gasteiger partial charge in [0, 0.05) is 11.8 Å². The van der Waals surface area contributed by atoms with E-state index in [-0.39, 0.29) is 10.7 Å². The molecule has 1 aromatic rings.